The van der Waals surface area contributed by atoms with Crippen molar-refractivity contribution in [3.8, 4) is 0 Å². The van der Waals surface area contributed by atoms with Gasteiger partial charge in [-0.05, 0) is 43.9 Å². The Balaban J connectivity index is 0.00000280. The van der Waals surface area contributed by atoms with Crippen LogP contribution >= 0.6 is 24.0 Å². The smallest absolute Gasteiger partial charge is 0.227 e. The van der Waals surface area contributed by atoms with Gasteiger partial charge >= 0.3 is 0 Å². The number of hydrogen-bond acceptors (Lipinski definition) is 3. The fourth-order valence-corrected chi connectivity index (χ4v) is 3.07. The second kappa shape index (κ2) is 11.2. The van der Waals surface area contributed by atoms with Gasteiger partial charge in [-0.15, -0.1) is 24.0 Å². The summed E-state index contributed by atoms with van der Waals surface area (Å²) in [7, 11) is 0. The topological polar surface area (TPSA) is 85.8 Å². The zero-order chi connectivity index (χ0) is 19.1. The van der Waals surface area contributed by atoms with Crippen LogP contribution in [0.25, 0.3) is 0 Å². The second-order valence-electron chi connectivity index (χ2n) is 7.00. The van der Waals surface area contributed by atoms with Crippen LogP contribution in [0.4, 0.5) is 5.69 Å². The summed E-state index contributed by atoms with van der Waals surface area (Å²) < 4.78 is 0. The van der Waals surface area contributed by atoms with Crippen molar-refractivity contribution < 1.29 is 9.59 Å². The van der Waals surface area contributed by atoms with Crippen LogP contribution in [0.5, 0.6) is 0 Å². The molecular weight excluding hydrogens is 469 g/mol. The molecule has 1 saturated carbocycles. The van der Waals surface area contributed by atoms with Crippen LogP contribution in [0.1, 0.15) is 38.2 Å². The molecule has 2 fully saturated rings. The average molecular weight is 499 g/mol. The summed E-state index contributed by atoms with van der Waals surface area (Å²) >= 11 is 0. The number of hydrogen-bond donors (Lipinski definition) is 3. The quantitative estimate of drug-likeness (QED) is 0.221. The molecule has 7 nitrogen and oxygen atoms in total. The van der Waals surface area contributed by atoms with E-state index in [1.165, 1.54) is 0 Å². The Hall–Kier alpha value is -1.84. The highest BCUT2D eigenvalue weighted by atomic mass is 127. The summed E-state index contributed by atoms with van der Waals surface area (Å²) in [6, 6.07) is 8.01. The number of carbonyl (C=O) groups is 2. The van der Waals surface area contributed by atoms with E-state index in [1.807, 2.05) is 36.1 Å². The molecular formula is C20H30IN5O2. The molecule has 1 saturated heterocycles. The Morgan fingerprint density at radius 2 is 1.86 bits per heavy atom. The molecule has 0 atom stereocenters. The predicted molar refractivity (Wildman–Crippen MR) is 122 cm³/mol. The Bertz CT molecular complexity index is 688. The van der Waals surface area contributed by atoms with Crippen molar-refractivity contribution in [1.82, 2.24) is 16.0 Å². The lowest BCUT2D eigenvalue weighted by Crippen LogP contribution is -2.41. The second-order valence-corrected chi connectivity index (χ2v) is 7.00. The normalized spacial score (nSPS) is 16.5. The lowest BCUT2D eigenvalue weighted by molar-refractivity contribution is -0.122. The van der Waals surface area contributed by atoms with Crippen LogP contribution < -0.4 is 20.9 Å². The van der Waals surface area contributed by atoms with Gasteiger partial charge in [-0.2, -0.15) is 0 Å². The van der Waals surface area contributed by atoms with Crippen LogP contribution in [0.2, 0.25) is 0 Å². The van der Waals surface area contributed by atoms with Crippen molar-refractivity contribution in [3.63, 3.8) is 0 Å². The van der Waals surface area contributed by atoms with Gasteiger partial charge in [-0.1, -0.05) is 12.1 Å². The van der Waals surface area contributed by atoms with Gasteiger partial charge in [0.1, 0.15) is 0 Å². The highest BCUT2D eigenvalue weighted by molar-refractivity contribution is 14.0. The zero-order valence-corrected chi connectivity index (χ0v) is 18.7. The van der Waals surface area contributed by atoms with Crippen LogP contribution in [-0.4, -0.2) is 44.0 Å². The first-order valence-corrected chi connectivity index (χ1v) is 9.86. The molecule has 1 heterocycles. The number of rotatable bonds is 8. The minimum Gasteiger partial charge on any atom is -0.357 e. The number of benzene rings is 1. The van der Waals surface area contributed by atoms with Gasteiger partial charge < -0.3 is 20.9 Å². The SMILES string of the molecule is CCNC(=NCc1ccc(N2CCCC2=O)cc1)NCCNC(=O)C1CC1.I. The van der Waals surface area contributed by atoms with Crippen LogP contribution in [0.15, 0.2) is 29.3 Å². The number of halogens is 1. The molecule has 28 heavy (non-hydrogen) atoms. The number of anilines is 1. The molecule has 0 bridgehead atoms. The van der Waals surface area contributed by atoms with Crippen molar-refractivity contribution >= 4 is 47.4 Å². The highest BCUT2D eigenvalue weighted by Crippen LogP contribution is 2.28. The molecule has 0 unspecified atom stereocenters. The van der Waals surface area contributed by atoms with Crippen molar-refractivity contribution in [2.24, 2.45) is 10.9 Å². The number of aliphatic imine (C=N–C) groups is 1. The van der Waals surface area contributed by atoms with E-state index in [4.69, 9.17) is 0 Å². The number of guanidine groups is 1. The van der Waals surface area contributed by atoms with E-state index in [0.717, 1.165) is 49.6 Å². The summed E-state index contributed by atoms with van der Waals surface area (Å²) in [5.74, 6) is 1.34. The molecule has 0 spiro atoms. The third-order valence-electron chi connectivity index (χ3n) is 4.75. The number of nitrogens with one attached hydrogen (secondary N) is 3. The van der Waals surface area contributed by atoms with Gasteiger partial charge in [0.05, 0.1) is 6.54 Å². The fraction of sp³-hybridized carbons (Fsp3) is 0.550. The largest absolute Gasteiger partial charge is 0.357 e. The monoisotopic (exact) mass is 499 g/mol. The number of amides is 2. The molecule has 154 valence electrons. The molecule has 1 aliphatic heterocycles. The van der Waals surface area contributed by atoms with Crippen LogP contribution in [0, 0.1) is 5.92 Å². The van der Waals surface area contributed by atoms with E-state index in [-0.39, 0.29) is 41.7 Å². The third-order valence-corrected chi connectivity index (χ3v) is 4.75. The molecule has 0 radical (unpaired) electrons. The van der Waals surface area contributed by atoms with Gasteiger partial charge in [0.15, 0.2) is 5.96 Å². The fourth-order valence-electron chi connectivity index (χ4n) is 3.07. The standard InChI is InChI=1S/C20H29N5O2.HI/c1-2-21-20(23-12-11-22-19(27)16-7-8-16)24-14-15-5-9-17(10-6-15)25-13-3-4-18(25)26;/h5-6,9-10,16H,2-4,7-8,11-14H2,1H3,(H,22,27)(H2,21,23,24);1H. The lowest BCUT2D eigenvalue weighted by atomic mass is 10.2. The van der Waals surface area contributed by atoms with Crippen LogP contribution in [-0.2, 0) is 16.1 Å². The maximum atomic E-state index is 11.8. The van der Waals surface area contributed by atoms with Crippen molar-refractivity contribution in [2.75, 3.05) is 31.1 Å². The van der Waals surface area contributed by atoms with Gasteiger partial charge in [0.25, 0.3) is 0 Å². The first-order chi connectivity index (χ1) is 13.2. The molecule has 3 rings (SSSR count). The van der Waals surface area contributed by atoms with E-state index in [9.17, 15) is 9.59 Å². The Morgan fingerprint density at radius 3 is 2.46 bits per heavy atom. The van der Waals surface area contributed by atoms with Gasteiger partial charge in [0, 0.05) is 44.2 Å². The summed E-state index contributed by atoms with van der Waals surface area (Å²) in [5.41, 5.74) is 2.05. The molecule has 3 N–H and O–H groups in total. The summed E-state index contributed by atoms with van der Waals surface area (Å²) in [5, 5.41) is 9.39. The third kappa shape index (κ3) is 6.65. The first-order valence-electron chi connectivity index (χ1n) is 9.86. The van der Waals surface area contributed by atoms with Crippen molar-refractivity contribution in [2.45, 2.75) is 39.2 Å². The Kier molecular flexibility index (Phi) is 9.01. The Morgan fingerprint density at radius 1 is 1.14 bits per heavy atom. The lowest BCUT2D eigenvalue weighted by Gasteiger charge is -2.16. The first kappa shape index (κ1) is 22.4. The van der Waals surface area contributed by atoms with Crippen molar-refractivity contribution in [3.05, 3.63) is 29.8 Å². The van der Waals surface area contributed by atoms with E-state index < -0.39 is 0 Å². The van der Waals surface area contributed by atoms with Crippen LogP contribution in [0.3, 0.4) is 0 Å². The maximum Gasteiger partial charge on any atom is 0.227 e. The molecule has 0 aromatic heterocycles. The molecule has 1 aromatic carbocycles. The van der Waals surface area contributed by atoms with E-state index in [1.54, 1.807) is 0 Å². The van der Waals surface area contributed by atoms with Gasteiger partial charge in [-0.3, -0.25) is 9.59 Å². The summed E-state index contributed by atoms with van der Waals surface area (Å²) in [6.45, 7) is 5.39. The maximum absolute atomic E-state index is 11.8. The summed E-state index contributed by atoms with van der Waals surface area (Å²) in [4.78, 5) is 29.9. The molecule has 2 aliphatic rings. The number of carbonyl (C=O) groups excluding carboxylic acids is 2. The van der Waals surface area contributed by atoms with E-state index in [2.05, 4.69) is 20.9 Å². The van der Waals surface area contributed by atoms with E-state index >= 15 is 0 Å². The van der Waals surface area contributed by atoms with E-state index in [0.29, 0.717) is 26.1 Å². The zero-order valence-electron chi connectivity index (χ0n) is 16.4. The van der Waals surface area contributed by atoms with Crippen molar-refractivity contribution in [1.29, 1.82) is 0 Å². The average Bonchev–Trinajstić information content (AvgIpc) is 3.45. The van der Waals surface area contributed by atoms with Gasteiger partial charge in [0.2, 0.25) is 11.8 Å². The molecule has 1 aliphatic carbocycles. The summed E-state index contributed by atoms with van der Waals surface area (Å²) in [6.07, 6.45) is 3.62. The predicted octanol–water partition coefficient (Wildman–Crippen LogP) is 2.01. The minimum atomic E-state index is 0. The highest BCUT2D eigenvalue weighted by Gasteiger charge is 2.29. The Labute approximate surface area is 183 Å². The molecule has 1 aromatic rings. The number of nitrogens with zero attached hydrogens (tertiary/aromatic N) is 2. The molecule has 2 amide bonds. The molecule has 8 heteroatoms. The van der Waals surface area contributed by atoms with Gasteiger partial charge in [-0.25, -0.2) is 4.99 Å². The minimum absolute atomic E-state index is 0.